The van der Waals surface area contributed by atoms with Crippen LogP contribution in [0.4, 0.5) is 5.69 Å². The van der Waals surface area contributed by atoms with Crippen molar-refractivity contribution in [3.05, 3.63) is 29.8 Å². The van der Waals surface area contributed by atoms with Crippen LogP contribution in [0, 0.1) is 12.8 Å². The van der Waals surface area contributed by atoms with Gasteiger partial charge in [0.25, 0.3) is 0 Å². The number of benzene rings is 1. The van der Waals surface area contributed by atoms with Crippen molar-refractivity contribution in [1.29, 1.82) is 0 Å². The van der Waals surface area contributed by atoms with Gasteiger partial charge < -0.3 is 15.3 Å². The third kappa shape index (κ3) is 3.55. The van der Waals surface area contributed by atoms with Crippen molar-refractivity contribution < 1.29 is 14.7 Å². The van der Waals surface area contributed by atoms with Gasteiger partial charge >= 0.3 is 0 Å². The SMILES string of the molecule is Cc1ccc(N2CCC(C(=O)NC3CCC(O)CC3)C2=O)cc1. The fourth-order valence-corrected chi connectivity index (χ4v) is 3.43. The average molecular weight is 316 g/mol. The summed E-state index contributed by atoms with van der Waals surface area (Å²) in [6, 6.07) is 7.89. The molecule has 1 unspecified atom stereocenters. The lowest BCUT2D eigenvalue weighted by atomic mass is 9.92. The van der Waals surface area contributed by atoms with E-state index in [1.54, 1.807) is 4.90 Å². The molecule has 0 bridgehead atoms. The van der Waals surface area contributed by atoms with Crippen LogP contribution in [0.25, 0.3) is 0 Å². The summed E-state index contributed by atoms with van der Waals surface area (Å²) in [6.45, 7) is 2.59. The second-order valence-corrected chi connectivity index (χ2v) is 6.68. The van der Waals surface area contributed by atoms with Crippen molar-refractivity contribution in [1.82, 2.24) is 5.32 Å². The van der Waals surface area contributed by atoms with Gasteiger partial charge in [-0.05, 0) is 51.2 Å². The second kappa shape index (κ2) is 6.71. The van der Waals surface area contributed by atoms with E-state index in [1.807, 2.05) is 31.2 Å². The molecular formula is C18H24N2O3. The molecule has 2 amide bonds. The molecular weight excluding hydrogens is 292 g/mol. The van der Waals surface area contributed by atoms with Crippen molar-refractivity contribution in [3.63, 3.8) is 0 Å². The Bertz CT molecular complexity index is 576. The van der Waals surface area contributed by atoms with Crippen molar-refractivity contribution in [2.24, 2.45) is 5.92 Å². The molecule has 5 nitrogen and oxygen atoms in total. The van der Waals surface area contributed by atoms with Gasteiger partial charge in [0.1, 0.15) is 5.92 Å². The molecule has 2 fully saturated rings. The molecule has 1 saturated heterocycles. The monoisotopic (exact) mass is 316 g/mol. The van der Waals surface area contributed by atoms with E-state index < -0.39 is 5.92 Å². The van der Waals surface area contributed by atoms with Crippen LogP contribution >= 0.6 is 0 Å². The van der Waals surface area contributed by atoms with Gasteiger partial charge in [0.15, 0.2) is 0 Å². The summed E-state index contributed by atoms with van der Waals surface area (Å²) >= 11 is 0. The number of nitrogens with one attached hydrogen (secondary N) is 1. The highest BCUT2D eigenvalue weighted by atomic mass is 16.3. The topological polar surface area (TPSA) is 69.6 Å². The molecule has 1 heterocycles. The number of carbonyl (C=O) groups excluding carboxylic acids is 2. The molecule has 1 aliphatic heterocycles. The normalized spacial score (nSPS) is 28.0. The number of hydrogen-bond donors (Lipinski definition) is 2. The minimum atomic E-state index is -0.580. The van der Waals surface area contributed by atoms with Crippen LogP contribution < -0.4 is 10.2 Å². The Hall–Kier alpha value is -1.88. The summed E-state index contributed by atoms with van der Waals surface area (Å²) in [7, 11) is 0. The third-order valence-electron chi connectivity index (χ3n) is 4.91. The molecule has 124 valence electrons. The van der Waals surface area contributed by atoms with Gasteiger partial charge in [-0.2, -0.15) is 0 Å². The van der Waals surface area contributed by atoms with E-state index >= 15 is 0 Å². The van der Waals surface area contributed by atoms with Crippen LogP contribution in [0.5, 0.6) is 0 Å². The van der Waals surface area contributed by atoms with E-state index in [9.17, 15) is 14.7 Å². The van der Waals surface area contributed by atoms with E-state index in [4.69, 9.17) is 0 Å². The maximum atomic E-state index is 12.6. The van der Waals surface area contributed by atoms with Crippen LogP contribution in [0.15, 0.2) is 24.3 Å². The minimum absolute atomic E-state index is 0.0899. The van der Waals surface area contributed by atoms with Crippen LogP contribution in [-0.2, 0) is 9.59 Å². The Morgan fingerprint density at radius 2 is 1.78 bits per heavy atom. The Balaban J connectivity index is 1.60. The first kappa shape index (κ1) is 16.0. The minimum Gasteiger partial charge on any atom is -0.393 e. The van der Waals surface area contributed by atoms with Crippen LogP contribution in [0.1, 0.15) is 37.7 Å². The Kier molecular flexibility index (Phi) is 4.66. The number of amides is 2. The quantitative estimate of drug-likeness (QED) is 0.835. The largest absolute Gasteiger partial charge is 0.393 e. The first-order chi connectivity index (χ1) is 11.0. The van der Waals surface area contributed by atoms with Crippen molar-refractivity contribution in [2.75, 3.05) is 11.4 Å². The lowest BCUT2D eigenvalue weighted by Crippen LogP contribution is -2.43. The molecule has 0 radical (unpaired) electrons. The lowest BCUT2D eigenvalue weighted by Gasteiger charge is -2.27. The highest BCUT2D eigenvalue weighted by molar-refractivity contribution is 6.09. The summed E-state index contributed by atoms with van der Waals surface area (Å²) < 4.78 is 0. The highest BCUT2D eigenvalue weighted by Gasteiger charge is 2.38. The van der Waals surface area contributed by atoms with Gasteiger partial charge in [0.05, 0.1) is 6.10 Å². The van der Waals surface area contributed by atoms with E-state index in [2.05, 4.69) is 5.32 Å². The summed E-state index contributed by atoms with van der Waals surface area (Å²) in [6.07, 6.45) is 3.34. The molecule has 1 aromatic carbocycles. The molecule has 2 N–H and O–H groups in total. The van der Waals surface area contributed by atoms with Crippen LogP contribution in [0.3, 0.4) is 0 Å². The zero-order valence-corrected chi connectivity index (χ0v) is 13.5. The summed E-state index contributed by atoms with van der Waals surface area (Å²) in [4.78, 5) is 26.7. The maximum absolute atomic E-state index is 12.6. The van der Waals surface area contributed by atoms with Gasteiger partial charge in [0.2, 0.25) is 11.8 Å². The maximum Gasteiger partial charge on any atom is 0.239 e. The predicted molar refractivity (Wildman–Crippen MR) is 88.0 cm³/mol. The number of nitrogens with zero attached hydrogens (tertiary/aromatic N) is 1. The number of aliphatic hydroxyl groups is 1. The molecule has 3 rings (SSSR count). The summed E-state index contributed by atoms with van der Waals surface area (Å²) in [5.74, 6) is -0.851. The Morgan fingerprint density at radius 3 is 2.43 bits per heavy atom. The second-order valence-electron chi connectivity index (χ2n) is 6.68. The van der Waals surface area contributed by atoms with E-state index in [-0.39, 0.29) is 24.0 Å². The molecule has 2 aliphatic rings. The summed E-state index contributed by atoms with van der Waals surface area (Å²) in [5.41, 5.74) is 2.01. The number of aryl methyl sites for hydroxylation is 1. The lowest BCUT2D eigenvalue weighted by molar-refractivity contribution is -0.132. The molecule has 5 heteroatoms. The zero-order chi connectivity index (χ0) is 16.4. The van der Waals surface area contributed by atoms with Crippen molar-refractivity contribution >= 4 is 17.5 Å². The van der Waals surface area contributed by atoms with Gasteiger partial charge in [-0.25, -0.2) is 0 Å². The van der Waals surface area contributed by atoms with E-state index in [1.165, 1.54) is 0 Å². The molecule has 0 spiro atoms. The van der Waals surface area contributed by atoms with Gasteiger partial charge in [0, 0.05) is 18.3 Å². The first-order valence-electron chi connectivity index (χ1n) is 8.41. The summed E-state index contributed by atoms with van der Waals surface area (Å²) in [5, 5.41) is 12.5. The smallest absolute Gasteiger partial charge is 0.239 e. The van der Waals surface area contributed by atoms with Gasteiger partial charge in [-0.1, -0.05) is 17.7 Å². The fourth-order valence-electron chi connectivity index (χ4n) is 3.43. The van der Waals surface area contributed by atoms with E-state index in [0.717, 1.165) is 36.9 Å². The number of rotatable bonds is 3. The van der Waals surface area contributed by atoms with Crippen molar-refractivity contribution in [2.45, 2.75) is 51.2 Å². The van der Waals surface area contributed by atoms with Gasteiger partial charge in [-0.3, -0.25) is 9.59 Å². The fraction of sp³-hybridized carbons (Fsp3) is 0.556. The number of anilines is 1. The molecule has 1 atom stereocenters. The van der Waals surface area contributed by atoms with Gasteiger partial charge in [-0.15, -0.1) is 0 Å². The molecule has 1 aliphatic carbocycles. The van der Waals surface area contributed by atoms with Crippen LogP contribution in [-0.4, -0.2) is 35.6 Å². The third-order valence-corrected chi connectivity index (χ3v) is 4.91. The Labute approximate surface area is 136 Å². The molecule has 23 heavy (non-hydrogen) atoms. The molecule has 1 aromatic rings. The highest BCUT2D eigenvalue weighted by Crippen LogP contribution is 2.26. The van der Waals surface area contributed by atoms with Crippen molar-refractivity contribution in [3.8, 4) is 0 Å². The molecule has 0 aromatic heterocycles. The van der Waals surface area contributed by atoms with Crippen LogP contribution in [0.2, 0.25) is 0 Å². The molecule has 1 saturated carbocycles. The first-order valence-corrected chi connectivity index (χ1v) is 8.41. The van der Waals surface area contributed by atoms with E-state index in [0.29, 0.717) is 13.0 Å². The Morgan fingerprint density at radius 1 is 1.13 bits per heavy atom. The number of hydrogen-bond acceptors (Lipinski definition) is 3. The average Bonchev–Trinajstić information content (AvgIpc) is 2.92. The standard InChI is InChI=1S/C18H24N2O3/c1-12-2-6-14(7-3-12)20-11-10-16(18(20)23)17(22)19-13-4-8-15(21)9-5-13/h2-3,6-7,13,15-16,21H,4-5,8-11H2,1H3,(H,19,22). The zero-order valence-electron chi connectivity index (χ0n) is 13.5. The number of aliphatic hydroxyl groups excluding tert-OH is 1. The predicted octanol–water partition coefficient (Wildman–Crippen LogP) is 1.77. The number of carbonyl (C=O) groups is 2.